The molecule has 0 bridgehead atoms. The van der Waals surface area contributed by atoms with Crippen molar-refractivity contribution in [3.63, 3.8) is 0 Å². The molecule has 2 rings (SSSR count). The molecular formula is C12H13N3O2. The molecule has 0 saturated heterocycles. The van der Waals surface area contributed by atoms with Gasteiger partial charge in [-0.15, -0.1) is 0 Å². The number of carbonyl (C=O) groups excluding carboxylic acids is 1. The van der Waals surface area contributed by atoms with Crippen LogP contribution in [0.15, 0.2) is 30.7 Å². The summed E-state index contributed by atoms with van der Waals surface area (Å²) >= 11 is 0. The van der Waals surface area contributed by atoms with Crippen LogP contribution in [-0.4, -0.2) is 20.7 Å². The summed E-state index contributed by atoms with van der Waals surface area (Å²) < 4.78 is 6.85. The van der Waals surface area contributed by atoms with Gasteiger partial charge in [0.1, 0.15) is 0 Å². The second-order valence-electron chi connectivity index (χ2n) is 3.61. The SMILES string of the molecule is CCn1cc(OC(=O)c2ccc(C)nc2)cn1. The Morgan fingerprint density at radius 1 is 1.41 bits per heavy atom. The zero-order valence-electron chi connectivity index (χ0n) is 9.75. The van der Waals surface area contributed by atoms with E-state index in [1.807, 2.05) is 13.8 Å². The Balaban J connectivity index is 2.08. The van der Waals surface area contributed by atoms with Crippen LogP contribution >= 0.6 is 0 Å². The van der Waals surface area contributed by atoms with Gasteiger partial charge < -0.3 is 4.74 Å². The van der Waals surface area contributed by atoms with Crippen LogP contribution < -0.4 is 4.74 Å². The van der Waals surface area contributed by atoms with Crippen molar-refractivity contribution in [2.24, 2.45) is 0 Å². The molecule has 2 aromatic heterocycles. The molecule has 2 heterocycles. The van der Waals surface area contributed by atoms with Gasteiger partial charge in [0.15, 0.2) is 5.75 Å². The van der Waals surface area contributed by atoms with Gasteiger partial charge in [-0.3, -0.25) is 9.67 Å². The molecule has 0 spiro atoms. The number of hydrogen-bond donors (Lipinski definition) is 0. The Labute approximate surface area is 99.1 Å². The summed E-state index contributed by atoms with van der Waals surface area (Å²) in [5, 5.41) is 4.02. The third-order valence-corrected chi connectivity index (χ3v) is 2.29. The lowest BCUT2D eigenvalue weighted by molar-refractivity contribution is 0.0734. The van der Waals surface area contributed by atoms with Gasteiger partial charge in [-0.1, -0.05) is 0 Å². The minimum atomic E-state index is -0.423. The second-order valence-corrected chi connectivity index (χ2v) is 3.61. The molecule has 88 valence electrons. The largest absolute Gasteiger partial charge is 0.420 e. The van der Waals surface area contributed by atoms with Crippen molar-refractivity contribution >= 4 is 5.97 Å². The van der Waals surface area contributed by atoms with Gasteiger partial charge in [-0.2, -0.15) is 5.10 Å². The summed E-state index contributed by atoms with van der Waals surface area (Å²) in [6, 6.07) is 3.46. The monoisotopic (exact) mass is 231 g/mol. The normalized spacial score (nSPS) is 10.2. The molecule has 0 aliphatic rings. The maximum absolute atomic E-state index is 11.7. The lowest BCUT2D eigenvalue weighted by Crippen LogP contribution is -2.08. The van der Waals surface area contributed by atoms with Crippen LogP contribution in [0.5, 0.6) is 5.75 Å². The first-order valence-corrected chi connectivity index (χ1v) is 5.36. The van der Waals surface area contributed by atoms with Crippen molar-refractivity contribution in [3.05, 3.63) is 42.0 Å². The highest BCUT2D eigenvalue weighted by Crippen LogP contribution is 2.11. The van der Waals surface area contributed by atoms with Crippen molar-refractivity contribution < 1.29 is 9.53 Å². The van der Waals surface area contributed by atoms with Gasteiger partial charge in [0.2, 0.25) is 0 Å². The molecule has 17 heavy (non-hydrogen) atoms. The van der Waals surface area contributed by atoms with Gasteiger partial charge in [-0.05, 0) is 26.0 Å². The maximum Gasteiger partial charge on any atom is 0.345 e. The molecular weight excluding hydrogens is 218 g/mol. The third kappa shape index (κ3) is 2.69. The summed E-state index contributed by atoms with van der Waals surface area (Å²) in [7, 11) is 0. The number of carbonyl (C=O) groups is 1. The van der Waals surface area contributed by atoms with E-state index in [1.54, 1.807) is 23.0 Å². The van der Waals surface area contributed by atoms with Crippen LogP contribution in [0, 0.1) is 6.92 Å². The van der Waals surface area contributed by atoms with Crippen molar-refractivity contribution in [1.82, 2.24) is 14.8 Å². The van der Waals surface area contributed by atoms with Crippen LogP contribution in [0.25, 0.3) is 0 Å². The van der Waals surface area contributed by atoms with Crippen molar-refractivity contribution in [2.75, 3.05) is 0 Å². The number of nitrogens with zero attached hydrogens (tertiary/aromatic N) is 3. The number of aryl methyl sites for hydroxylation is 2. The molecule has 5 nitrogen and oxygen atoms in total. The topological polar surface area (TPSA) is 57.0 Å². The fraction of sp³-hybridized carbons (Fsp3) is 0.250. The van der Waals surface area contributed by atoms with E-state index in [-0.39, 0.29) is 0 Å². The molecule has 2 aromatic rings. The zero-order chi connectivity index (χ0) is 12.3. The summed E-state index contributed by atoms with van der Waals surface area (Å²) in [5.74, 6) is 0.0191. The molecule has 0 aliphatic heterocycles. The van der Waals surface area contributed by atoms with Crippen LogP contribution in [0.2, 0.25) is 0 Å². The lowest BCUT2D eigenvalue weighted by Gasteiger charge is -2.01. The number of rotatable bonds is 3. The van der Waals surface area contributed by atoms with Gasteiger partial charge in [0.25, 0.3) is 0 Å². The molecule has 0 aliphatic carbocycles. The van der Waals surface area contributed by atoms with E-state index in [0.717, 1.165) is 12.2 Å². The first-order chi connectivity index (χ1) is 8.19. The van der Waals surface area contributed by atoms with E-state index in [0.29, 0.717) is 11.3 Å². The van der Waals surface area contributed by atoms with Crippen molar-refractivity contribution in [2.45, 2.75) is 20.4 Å². The Hall–Kier alpha value is -2.17. The summed E-state index contributed by atoms with van der Waals surface area (Å²) in [6.45, 7) is 4.56. The lowest BCUT2D eigenvalue weighted by atomic mass is 10.2. The summed E-state index contributed by atoms with van der Waals surface area (Å²) in [5.41, 5.74) is 1.29. The molecule has 0 N–H and O–H groups in total. The third-order valence-electron chi connectivity index (χ3n) is 2.29. The highest BCUT2D eigenvalue weighted by Gasteiger charge is 2.09. The molecule has 0 radical (unpaired) electrons. The van der Waals surface area contributed by atoms with E-state index in [9.17, 15) is 4.79 Å². The molecule has 0 saturated carbocycles. The quantitative estimate of drug-likeness (QED) is 0.756. The van der Waals surface area contributed by atoms with E-state index < -0.39 is 5.97 Å². The summed E-state index contributed by atoms with van der Waals surface area (Å²) in [6.07, 6.45) is 4.70. The van der Waals surface area contributed by atoms with E-state index in [2.05, 4.69) is 10.1 Å². The molecule has 0 amide bonds. The number of hydrogen-bond acceptors (Lipinski definition) is 4. The fourth-order valence-electron chi connectivity index (χ4n) is 1.32. The van der Waals surface area contributed by atoms with Crippen LogP contribution in [0.3, 0.4) is 0 Å². The molecule has 0 unspecified atom stereocenters. The van der Waals surface area contributed by atoms with E-state index >= 15 is 0 Å². The van der Waals surface area contributed by atoms with Crippen LogP contribution in [0.4, 0.5) is 0 Å². The molecule has 0 aromatic carbocycles. The molecule has 0 atom stereocenters. The predicted octanol–water partition coefficient (Wildman–Crippen LogP) is 1.83. The average Bonchev–Trinajstić information content (AvgIpc) is 2.77. The maximum atomic E-state index is 11.7. The van der Waals surface area contributed by atoms with Gasteiger partial charge in [0.05, 0.1) is 18.0 Å². The highest BCUT2D eigenvalue weighted by atomic mass is 16.5. The molecule has 0 fully saturated rings. The Kier molecular flexibility index (Phi) is 3.18. The van der Waals surface area contributed by atoms with Crippen molar-refractivity contribution in [1.29, 1.82) is 0 Å². The Morgan fingerprint density at radius 3 is 2.82 bits per heavy atom. The Bertz CT molecular complexity index is 517. The van der Waals surface area contributed by atoms with Crippen molar-refractivity contribution in [3.8, 4) is 5.75 Å². The highest BCUT2D eigenvalue weighted by molar-refractivity contribution is 5.90. The number of esters is 1. The first-order valence-electron chi connectivity index (χ1n) is 5.36. The smallest absolute Gasteiger partial charge is 0.345 e. The fourth-order valence-corrected chi connectivity index (χ4v) is 1.32. The van der Waals surface area contributed by atoms with E-state index in [4.69, 9.17) is 4.74 Å². The second kappa shape index (κ2) is 4.78. The number of ether oxygens (including phenoxy) is 1. The standard InChI is InChI=1S/C12H13N3O2/c1-3-15-8-11(7-14-15)17-12(16)10-5-4-9(2)13-6-10/h4-8H,3H2,1-2H3. The van der Waals surface area contributed by atoms with Gasteiger partial charge in [0, 0.05) is 18.4 Å². The average molecular weight is 231 g/mol. The van der Waals surface area contributed by atoms with E-state index in [1.165, 1.54) is 12.4 Å². The number of aromatic nitrogens is 3. The molecule has 5 heteroatoms. The minimum absolute atomic E-state index is 0.423. The minimum Gasteiger partial charge on any atom is -0.420 e. The first kappa shape index (κ1) is 11.3. The van der Waals surface area contributed by atoms with Crippen LogP contribution in [0.1, 0.15) is 23.0 Å². The predicted molar refractivity (Wildman–Crippen MR) is 61.8 cm³/mol. The van der Waals surface area contributed by atoms with Gasteiger partial charge in [-0.25, -0.2) is 4.79 Å². The number of pyridine rings is 1. The zero-order valence-corrected chi connectivity index (χ0v) is 9.75. The van der Waals surface area contributed by atoms with Gasteiger partial charge >= 0.3 is 5.97 Å². The summed E-state index contributed by atoms with van der Waals surface area (Å²) in [4.78, 5) is 15.8. The van der Waals surface area contributed by atoms with Crippen LogP contribution in [-0.2, 0) is 6.54 Å². The Morgan fingerprint density at radius 2 is 2.24 bits per heavy atom.